The standard InChI is InChI=1S/C12H11ClFN3O4/c13-6-2-1-3-7(14)10(6)16-12(21)17-5-9(18)15-4-8(17)11(19)20/h1-3,8H,4-5H2,(H,15,18)(H,16,21)(H,19,20). The molecule has 2 rings (SSSR count). The van der Waals surface area contributed by atoms with Crippen LogP contribution in [-0.2, 0) is 9.59 Å². The first-order valence-electron chi connectivity index (χ1n) is 5.91. The fourth-order valence-corrected chi connectivity index (χ4v) is 2.08. The van der Waals surface area contributed by atoms with Crippen LogP contribution < -0.4 is 10.6 Å². The van der Waals surface area contributed by atoms with Gasteiger partial charge in [-0.25, -0.2) is 14.0 Å². The molecular weight excluding hydrogens is 305 g/mol. The third kappa shape index (κ3) is 3.22. The average molecular weight is 316 g/mol. The predicted molar refractivity (Wildman–Crippen MR) is 71.6 cm³/mol. The van der Waals surface area contributed by atoms with E-state index >= 15 is 0 Å². The van der Waals surface area contributed by atoms with E-state index in [1.54, 1.807) is 0 Å². The van der Waals surface area contributed by atoms with Crippen LogP contribution in [0.2, 0.25) is 5.02 Å². The van der Waals surface area contributed by atoms with Crippen molar-refractivity contribution in [3.63, 3.8) is 0 Å². The van der Waals surface area contributed by atoms with E-state index in [2.05, 4.69) is 10.6 Å². The maximum Gasteiger partial charge on any atom is 0.328 e. The number of amides is 3. The van der Waals surface area contributed by atoms with Crippen molar-refractivity contribution in [1.29, 1.82) is 0 Å². The van der Waals surface area contributed by atoms with E-state index < -0.39 is 36.3 Å². The van der Waals surface area contributed by atoms with E-state index in [0.717, 1.165) is 11.0 Å². The number of hydrogen-bond acceptors (Lipinski definition) is 3. The van der Waals surface area contributed by atoms with Gasteiger partial charge in [-0.1, -0.05) is 17.7 Å². The molecule has 21 heavy (non-hydrogen) atoms. The van der Waals surface area contributed by atoms with Crippen LogP contribution in [0.4, 0.5) is 14.9 Å². The van der Waals surface area contributed by atoms with Gasteiger partial charge in [-0.2, -0.15) is 0 Å². The largest absolute Gasteiger partial charge is 0.480 e. The summed E-state index contributed by atoms with van der Waals surface area (Å²) < 4.78 is 13.6. The smallest absolute Gasteiger partial charge is 0.328 e. The number of nitrogens with one attached hydrogen (secondary N) is 2. The lowest BCUT2D eigenvalue weighted by atomic mass is 10.2. The van der Waals surface area contributed by atoms with Crippen LogP contribution in [0, 0.1) is 5.82 Å². The number of rotatable bonds is 2. The van der Waals surface area contributed by atoms with Crippen molar-refractivity contribution < 1.29 is 23.9 Å². The molecule has 1 unspecified atom stereocenters. The van der Waals surface area contributed by atoms with E-state index in [9.17, 15) is 18.8 Å². The van der Waals surface area contributed by atoms with Gasteiger partial charge in [0.25, 0.3) is 0 Å². The summed E-state index contributed by atoms with van der Waals surface area (Å²) in [6.45, 7) is -0.651. The van der Waals surface area contributed by atoms with Crippen molar-refractivity contribution in [3.8, 4) is 0 Å². The maximum atomic E-state index is 13.6. The van der Waals surface area contributed by atoms with Crippen molar-refractivity contribution in [2.75, 3.05) is 18.4 Å². The Balaban J connectivity index is 2.21. The summed E-state index contributed by atoms with van der Waals surface area (Å²) in [5.74, 6) is -2.53. The monoisotopic (exact) mass is 315 g/mol. The molecule has 112 valence electrons. The Morgan fingerprint density at radius 2 is 2.19 bits per heavy atom. The second kappa shape index (κ2) is 5.96. The number of urea groups is 1. The molecule has 7 nitrogen and oxygen atoms in total. The zero-order valence-corrected chi connectivity index (χ0v) is 11.4. The van der Waals surface area contributed by atoms with Crippen molar-refractivity contribution >= 4 is 35.2 Å². The molecule has 1 aliphatic rings. The summed E-state index contributed by atoms with van der Waals surface area (Å²) in [6.07, 6.45) is 0. The molecule has 1 aliphatic heterocycles. The zero-order valence-electron chi connectivity index (χ0n) is 10.6. The fraction of sp³-hybridized carbons (Fsp3) is 0.250. The number of carboxylic acids is 1. The van der Waals surface area contributed by atoms with E-state index in [1.165, 1.54) is 12.1 Å². The van der Waals surface area contributed by atoms with Crippen LogP contribution in [0.25, 0.3) is 0 Å². The second-order valence-electron chi connectivity index (χ2n) is 4.31. The zero-order chi connectivity index (χ0) is 15.6. The number of carbonyl (C=O) groups excluding carboxylic acids is 2. The lowest BCUT2D eigenvalue weighted by Gasteiger charge is -2.32. The fourth-order valence-electron chi connectivity index (χ4n) is 1.87. The first-order valence-corrected chi connectivity index (χ1v) is 6.29. The quantitative estimate of drug-likeness (QED) is 0.755. The molecule has 3 amide bonds. The molecule has 3 N–H and O–H groups in total. The minimum Gasteiger partial charge on any atom is -0.480 e. The molecule has 1 aromatic rings. The first-order chi connectivity index (χ1) is 9.90. The van der Waals surface area contributed by atoms with Gasteiger partial charge >= 0.3 is 12.0 Å². The van der Waals surface area contributed by atoms with Crippen LogP contribution in [0.5, 0.6) is 0 Å². The third-order valence-electron chi connectivity index (χ3n) is 2.92. The summed E-state index contributed by atoms with van der Waals surface area (Å²) in [7, 11) is 0. The lowest BCUT2D eigenvalue weighted by molar-refractivity contribution is -0.144. The van der Waals surface area contributed by atoms with Gasteiger partial charge in [0.15, 0.2) is 0 Å². The van der Waals surface area contributed by atoms with Gasteiger partial charge in [0.2, 0.25) is 5.91 Å². The number of halogens is 2. The molecular formula is C12H11ClFN3O4. The van der Waals surface area contributed by atoms with Gasteiger partial charge in [0.05, 0.1) is 10.7 Å². The van der Waals surface area contributed by atoms with Gasteiger partial charge in [0, 0.05) is 6.54 Å². The minimum atomic E-state index is -1.27. The summed E-state index contributed by atoms with van der Waals surface area (Å²) in [5, 5.41) is 13.5. The highest BCUT2D eigenvalue weighted by atomic mass is 35.5. The number of aliphatic carboxylic acids is 1. The lowest BCUT2D eigenvalue weighted by Crippen LogP contribution is -2.60. The Morgan fingerprint density at radius 1 is 1.48 bits per heavy atom. The van der Waals surface area contributed by atoms with Crippen LogP contribution >= 0.6 is 11.6 Å². The Labute approximate surface area is 123 Å². The Morgan fingerprint density at radius 3 is 2.81 bits per heavy atom. The summed E-state index contributed by atoms with van der Waals surface area (Å²) in [4.78, 5) is 35.3. The van der Waals surface area contributed by atoms with Crippen molar-refractivity contribution in [3.05, 3.63) is 29.0 Å². The molecule has 1 fully saturated rings. The van der Waals surface area contributed by atoms with Crippen molar-refractivity contribution in [1.82, 2.24) is 10.2 Å². The highest BCUT2D eigenvalue weighted by Gasteiger charge is 2.35. The number of piperazine rings is 1. The predicted octanol–water partition coefficient (Wildman–Crippen LogP) is 0.896. The molecule has 0 spiro atoms. The molecule has 1 heterocycles. The molecule has 1 aromatic carbocycles. The number of carboxylic acid groups (broad SMARTS) is 1. The van der Waals surface area contributed by atoms with Gasteiger partial charge < -0.3 is 15.7 Å². The highest BCUT2D eigenvalue weighted by Crippen LogP contribution is 2.25. The first kappa shape index (κ1) is 15.0. The SMILES string of the molecule is O=C1CN(C(=O)Nc2c(F)cccc2Cl)C(C(=O)O)CN1. The van der Waals surface area contributed by atoms with Crippen LogP contribution in [0.3, 0.4) is 0 Å². The van der Waals surface area contributed by atoms with E-state index in [4.69, 9.17) is 16.7 Å². The summed E-state index contributed by atoms with van der Waals surface area (Å²) >= 11 is 5.77. The topological polar surface area (TPSA) is 98.7 Å². The van der Waals surface area contributed by atoms with Gasteiger partial charge in [-0.15, -0.1) is 0 Å². The van der Waals surface area contributed by atoms with Crippen molar-refractivity contribution in [2.45, 2.75) is 6.04 Å². The molecule has 9 heteroatoms. The number of hydrogen-bond donors (Lipinski definition) is 3. The van der Waals surface area contributed by atoms with Crippen LogP contribution in [0.15, 0.2) is 18.2 Å². The summed E-state index contributed by atoms with van der Waals surface area (Å²) in [5.41, 5.74) is -0.265. The van der Waals surface area contributed by atoms with Crippen molar-refractivity contribution in [2.24, 2.45) is 0 Å². The number of para-hydroxylation sites is 1. The summed E-state index contributed by atoms with van der Waals surface area (Å²) in [6, 6.07) is 1.69. The van der Waals surface area contributed by atoms with E-state index in [-0.39, 0.29) is 17.3 Å². The normalized spacial score (nSPS) is 18.1. The number of benzene rings is 1. The van der Waals surface area contributed by atoms with Gasteiger partial charge in [0.1, 0.15) is 18.4 Å². The Bertz CT molecular complexity index is 590. The number of carbonyl (C=O) groups is 3. The second-order valence-corrected chi connectivity index (χ2v) is 4.72. The van der Waals surface area contributed by atoms with Gasteiger partial charge in [-0.3, -0.25) is 9.69 Å². The minimum absolute atomic E-state index is 0.0308. The Kier molecular flexibility index (Phi) is 4.27. The third-order valence-corrected chi connectivity index (χ3v) is 3.24. The maximum absolute atomic E-state index is 13.6. The molecule has 1 atom stereocenters. The molecule has 0 bridgehead atoms. The number of nitrogens with zero attached hydrogens (tertiary/aromatic N) is 1. The Hall–Kier alpha value is -2.35. The average Bonchev–Trinajstić information content (AvgIpc) is 2.42. The van der Waals surface area contributed by atoms with Gasteiger partial charge in [-0.05, 0) is 12.1 Å². The van der Waals surface area contributed by atoms with E-state index in [0.29, 0.717) is 0 Å². The molecule has 1 saturated heterocycles. The molecule has 0 aliphatic carbocycles. The van der Waals surface area contributed by atoms with Crippen LogP contribution in [-0.4, -0.2) is 47.0 Å². The van der Waals surface area contributed by atoms with Crippen LogP contribution in [0.1, 0.15) is 0 Å². The molecule has 0 saturated carbocycles. The number of anilines is 1. The highest BCUT2D eigenvalue weighted by molar-refractivity contribution is 6.33. The molecule has 0 aromatic heterocycles. The molecule has 0 radical (unpaired) electrons. The van der Waals surface area contributed by atoms with E-state index in [1.807, 2.05) is 0 Å².